The lowest BCUT2D eigenvalue weighted by molar-refractivity contribution is 1.54. The number of hydrogen-bond acceptors (Lipinski definition) is 2. The Hall–Kier alpha value is -3.78. The second-order valence-corrected chi connectivity index (χ2v) is 6.48. The molecule has 4 rings (SSSR count). The van der Waals surface area contributed by atoms with Gasteiger partial charge >= 0.3 is 0 Å². The molecule has 0 saturated heterocycles. The van der Waals surface area contributed by atoms with Crippen molar-refractivity contribution in [3.8, 4) is 33.4 Å². The van der Waals surface area contributed by atoms with Gasteiger partial charge in [0.2, 0.25) is 0 Å². The van der Waals surface area contributed by atoms with Crippen LogP contribution >= 0.6 is 0 Å². The van der Waals surface area contributed by atoms with E-state index in [9.17, 15) is 9.59 Å². The van der Waals surface area contributed by atoms with Crippen LogP contribution in [0.2, 0.25) is 0 Å². The van der Waals surface area contributed by atoms with Crippen molar-refractivity contribution in [2.24, 2.45) is 0 Å². The van der Waals surface area contributed by atoms with Gasteiger partial charge in [-0.15, -0.1) is 0 Å². The summed E-state index contributed by atoms with van der Waals surface area (Å²) >= 11 is 0. The minimum absolute atomic E-state index is 0.154. The molecule has 0 fully saturated rings. The smallest absolute Gasteiger partial charge is 0.194 e. The maximum absolute atomic E-state index is 13.3. The average Bonchev–Trinajstić information content (AvgIpc) is 3.05. The fourth-order valence-corrected chi connectivity index (χ4v) is 3.31. The Bertz CT molecular complexity index is 1130. The van der Waals surface area contributed by atoms with Crippen molar-refractivity contribution >= 4 is 0 Å². The SMILES string of the molecule is O=c1c(-c2ccccc2)ccccc1-c1ccccc(-c2ccccc2)c1=O. The van der Waals surface area contributed by atoms with Gasteiger partial charge in [0.1, 0.15) is 0 Å². The Kier molecular flexibility index (Phi) is 4.94. The Morgan fingerprint density at radius 1 is 0.321 bits per heavy atom. The van der Waals surface area contributed by atoms with Gasteiger partial charge in [0.25, 0.3) is 0 Å². The summed E-state index contributed by atoms with van der Waals surface area (Å²) in [5, 5.41) is 0. The lowest BCUT2D eigenvalue weighted by Gasteiger charge is -2.01. The van der Waals surface area contributed by atoms with Crippen LogP contribution in [-0.4, -0.2) is 0 Å². The third-order valence-corrected chi connectivity index (χ3v) is 4.71. The Balaban J connectivity index is 2.00. The zero-order valence-corrected chi connectivity index (χ0v) is 15.2. The maximum atomic E-state index is 13.3. The van der Waals surface area contributed by atoms with Crippen molar-refractivity contribution in [3.05, 3.63) is 130 Å². The van der Waals surface area contributed by atoms with Crippen LogP contribution in [-0.2, 0) is 0 Å². The van der Waals surface area contributed by atoms with Crippen molar-refractivity contribution in [2.45, 2.75) is 0 Å². The second kappa shape index (κ2) is 7.85. The zero-order chi connectivity index (χ0) is 19.3. The largest absolute Gasteiger partial charge is 0.289 e. The quantitative estimate of drug-likeness (QED) is 0.488. The molecule has 4 aromatic rings. The third-order valence-electron chi connectivity index (χ3n) is 4.71. The van der Waals surface area contributed by atoms with Gasteiger partial charge in [-0.05, 0) is 11.1 Å². The van der Waals surface area contributed by atoms with E-state index in [1.165, 1.54) is 0 Å². The lowest BCUT2D eigenvalue weighted by Crippen LogP contribution is -2.12. The highest BCUT2D eigenvalue weighted by atomic mass is 16.1. The summed E-state index contributed by atoms with van der Waals surface area (Å²) in [6.07, 6.45) is 0. The van der Waals surface area contributed by atoms with Gasteiger partial charge in [0, 0.05) is 22.3 Å². The van der Waals surface area contributed by atoms with E-state index >= 15 is 0 Å². The second-order valence-electron chi connectivity index (χ2n) is 6.48. The molecule has 0 radical (unpaired) electrons. The molecule has 0 saturated carbocycles. The van der Waals surface area contributed by atoms with Crippen molar-refractivity contribution in [1.29, 1.82) is 0 Å². The summed E-state index contributed by atoms with van der Waals surface area (Å²) in [5.74, 6) is 0. The van der Waals surface area contributed by atoms with Gasteiger partial charge in [-0.25, -0.2) is 0 Å². The molecule has 2 nitrogen and oxygen atoms in total. The van der Waals surface area contributed by atoms with Crippen LogP contribution in [0.1, 0.15) is 0 Å². The highest BCUT2D eigenvalue weighted by Crippen LogP contribution is 2.20. The number of hydrogen-bond donors (Lipinski definition) is 0. The zero-order valence-electron chi connectivity index (χ0n) is 15.2. The summed E-state index contributed by atoms with van der Waals surface area (Å²) < 4.78 is 0. The molecule has 0 amide bonds. The first-order valence-corrected chi connectivity index (χ1v) is 9.13. The topological polar surface area (TPSA) is 34.1 Å². The molecular weight excluding hydrogens is 344 g/mol. The molecule has 28 heavy (non-hydrogen) atoms. The lowest BCUT2D eigenvalue weighted by atomic mass is 10.00. The summed E-state index contributed by atoms with van der Waals surface area (Å²) in [7, 11) is 0. The molecule has 0 aromatic heterocycles. The molecule has 0 spiro atoms. The Labute approximate surface area is 163 Å². The molecule has 0 aliphatic carbocycles. The van der Waals surface area contributed by atoms with E-state index in [4.69, 9.17) is 0 Å². The van der Waals surface area contributed by atoms with Gasteiger partial charge in [-0.2, -0.15) is 0 Å². The number of benzene rings is 2. The van der Waals surface area contributed by atoms with Crippen LogP contribution in [0.4, 0.5) is 0 Å². The van der Waals surface area contributed by atoms with Crippen molar-refractivity contribution in [3.63, 3.8) is 0 Å². The minimum atomic E-state index is -0.154. The van der Waals surface area contributed by atoms with Crippen molar-refractivity contribution in [2.75, 3.05) is 0 Å². The first kappa shape index (κ1) is 17.6. The third kappa shape index (κ3) is 3.40. The van der Waals surface area contributed by atoms with Crippen LogP contribution in [0.5, 0.6) is 0 Å². The fourth-order valence-electron chi connectivity index (χ4n) is 3.31. The first-order chi connectivity index (χ1) is 13.8. The van der Waals surface area contributed by atoms with Crippen molar-refractivity contribution < 1.29 is 0 Å². The van der Waals surface area contributed by atoms with Crippen LogP contribution in [0.3, 0.4) is 0 Å². The van der Waals surface area contributed by atoms with Gasteiger partial charge in [-0.1, -0.05) is 109 Å². The van der Waals surface area contributed by atoms with Crippen LogP contribution in [0.15, 0.2) is 119 Å². The van der Waals surface area contributed by atoms with Crippen LogP contribution < -0.4 is 10.9 Å². The monoisotopic (exact) mass is 362 g/mol. The van der Waals surface area contributed by atoms with Crippen molar-refractivity contribution in [1.82, 2.24) is 0 Å². The molecule has 2 heteroatoms. The predicted molar refractivity (Wildman–Crippen MR) is 115 cm³/mol. The predicted octanol–water partition coefficient (Wildman–Crippen LogP) is 5.41. The summed E-state index contributed by atoms with van der Waals surface area (Å²) in [6, 6.07) is 33.3. The number of rotatable bonds is 3. The normalized spacial score (nSPS) is 10.4. The highest BCUT2D eigenvalue weighted by molar-refractivity contribution is 5.75. The molecule has 134 valence electrons. The molecule has 0 atom stereocenters. The molecular formula is C26H18O2. The van der Waals surface area contributed by atoms with Gasteiger partial charge < -0.3 is 0 Å². The average molecular weight is 362 g/mol. The minimum Gasteiger partial charge on any atom is -0.289 e. The standard InChI is InChI=1S/C26H18O2/c27-25-21(19-11-3-1-4-12-19)15-7-9-17-23(25)24-18-10-8-16-22(26(24)28)20-13-5-2-6-14-20/h1-18H. The first-order valence-electron chi connectivity index (χ1n) is 9.13. The molecule has 0 aliphatic rings. The Morgan fingerprint density at radius 2 is 0.607 bits per heavy atom. The van der Waals surface area contributed by atoms with Crippen LogP contribution in [0, 0.1) is 0 Å². The molecule has 0 aliphatic heterocycles. The van der Waals surface area contributed by atoms with E-state index in [0.717, 1.165) is 11.1 Å². The van der Waals surface area contributed by atoms with E-state index in [-0.39, 0.29) is 10.9 Å². The highest BCUT2D eigenvalue weighted by Gasteiger charge is 2.12. The van der Waals surface area contributed by atoms with E-state index in [1.54, 1.807) is 36.4 Å². The molecule has 4 aromatic carbocycles. The fraction of sp³-hybridized carbons (Fsp3) is 0. The molecule has 0 bridgehead atoms. The summed E-state index contributed by atoms with van der Waals surface area (Å²) in [5.41, 5.74) is 3.32. The van der Waals surface area contributed by atoms with Gasteiger partial charge in [0.05, 0.1) is 0 Å². The van der Waals surface area contributed by atoms with E-state index in [1.807, 2.05) is 72.8 Å². The maximum Gasteiger partial charge on any atom is 0.194 e. The van der Waals surface area contributed by atoms with Gasteiger partial charge in [-0.3, -0.25) is 9.59 Å². The summed E-state index contributed by atoms with van der Waals surface area (Å²) in [6.45, 7) is 0. The molecule has 0 unspecified atom stereocenters. The van der Waals surface area contributed by atoms with Gasteiger partial charge in [0.15, 0.2) is 10.9 Å². The molecule has 0 heterocycles. The van der Waals surface area contributed by atoms with E-state index in [0.29, 0.717) is 22.3 Å². The molecule has 0 N–H and O–H groups in total. The van der Waals surface area contributed by atoms with E-state index < -0.39 is 0 Å². The Morgan fingerprint density at radius 3 is 0.964 bits per heavy atom. The van der Waals surface area contributed by atoms with Crippen LogP contribution in [0.25, 0.3) is 33.4 Å². The summed E-state index contributed by atoms with van der Waals surface area (Å²) in [4.78, 5) is 26.7. The van der Waals surface area contributed by atoms with E-state index in [2.05, 4.69) is 0 Å².